The van der Waals surface area contributed by atoms with Gasteiger partial charge in [-0.3, -0.25) is 4.90 Å². The maximum atomic E-state index is 12.5. The highest BCUT2D eigenvalue weighted by molar-refractivity contribution is 7.89. The molecule has 1 N–H and O–H groups in total. The Hall–Kier alpha value is -1.87. The minimum Gasteiger partial charge on any atom is -0.497 e. The molecular formula is C20H28N2O5S. The standard InChI is InChI=1S/C20H28N2O5S/c1-25-15-19-6-5-18(27-19)14-22-11-3-4-16(13-22)12-21-28(23,24)20-9-7-17(26-2)8-10-20/h5-10,16,21H,3-4,11-15H2,1-2H3/t16-/m0/s1. The van der Waals surface area contributed by atoms with Crippen molar-refractivity contribution in [3.8, 4) is 5.75 Å². The van der Waals surface area contributed by atoms with E-state index >= 15 is 0 Å². The Labute approximate surface area is 166 Å². The molecule has 1 saturated heterocycles. The highest BCUT2D eigenvalue weighted by Crippen LogP contribution is 2.21. The zero-order valence-electron chi connectivity index (χ0n) is 16.4. The zero-order chi connectivity index (χ0) is 20.0. The van der Waals surface area contributed by atoms with Gasteiger partial charge in [-0.1, -0.05) is 0 Å². The molecule has 1 atom stereocenters. The fourth-order valence-corrected chi connectivity index (χ4v) is 4.59. The van der Waals surface area contributed by atoms with Gasteiger partial charge in [-0.05, 0) is 61.7 Å². The van der Waals surface area contributed by atoms with E-state index in [0.29, 0.717) is 18.9 Å². The monoisotopic (exact) mass is 408 g/mol. The fourth-order valence-electron chi connectivity index (χ4n) is 3.47. The number of methoxy groups -OCH3 is 2. The number of hydrogen-bond acceptors (Lipinski definition) is 6. The molecule has 0 aliphatic carbocycles. The Balaban J connectivity index is 1.52. The Bertz CT molecular complexity index is 848. The third-order valence-corrected chi connectivity index (χ3v) is 6.36. The summed E-state index contributed by atoms with van der Waals surface area (Å²) >= 11 is 0. The highest BCUT2D eigenvalue weighted by Gasteiger charge is 2.23. The van der Waals surface area contributed by atoms with Crippen molar-refractivity contribution in [2.75, 3.05) is 33.9 Å². The lowest BCUT2D eigenvalue weighted by Gasteiger charge is -2.32. The van der Waals surface area contributed by atoms with Gasteiger partial charge < -0.3 is 13.9 Å². The van der Waals surface area contributed by atoms with Crippen LogP contribution in [-0.2, 0) is 27.9 Å². The molecule has 2 heterocycles. The number of likely N-dealkylation sites (tertiary alicyclic amines) is 1. The lowest BCUT2D eigenvalue weighted by Crippen LogP contribution is -2.40. The molecule has 1 fully saturated rings. The predicted octanol–water partition coefficient (Wildman–Crippen LogP) is 2.63. The Morgan fingerprint density at radius 2 is 1.89 bits per heavy atom. The molecule has 1 aromatic heterocycles. The number of nitrogens with one attached hydrogen (secondary N) is 1. The van der Waals surface area contributed by atoms with Crippen LogP contribution in [0.25, 0.3) is 0 Å². The van der Waals surface area contributed by atoms with E-state index in [1.165, 1.54) is 0 Å². The Kier molecular flexibility index (Phi) is 7.12. The Morgan fingerprint density at radius 1 is 1.14 bits per heavy atom. The summed E-state index contributed by atoms with van der Waals surface area (Å²) in [6.07, 6.45) is 2.05. The summed E-state index contributed by atoms with van der Waals surface area (Å²) in [4.78, 5) is 2.56. The smallest absolute Gasteiger partial charge is 0.240 e. The Morgan fingerprint density at radius 3 is 2.61 bits per heavy atom. The normalized spacial score (nSPS) is 18.3. The summed E-state index contributed by atoms with van der Waals surface area (Å²) < 4.78 is 43.7. The number of rotatable bonds is 9. The lowest BCUT2D eigenvalue weighted by atomic mass is 9.98. The van der Waals surface area contributed by atoms with Gasteiger partial charge in [0.25, 0.3) is 0 Å². The molecule has 1 aliphatic rings. The van der Waals surface area contributed by atoms with Gasteiger partial charge in [0.2, 0.25) is 10.0 Å². The fraction of sp³-hybridized carbons (Fsp3) is 0.500. The zero-order valence-corrected chi connectivity index (χ0v) is 17.2. The second-order valence-corrected chi connectivity index (χ2v) is 8.84. The van der Waals surface area contributed by atoms with Crippen LogP contribution in [0.4, 0.5) is 0 Å². The van der Waals surface area contributed by atoms with Crippen LogP contribution in [0.15, 0.2) is 45.7 Å². The van der Waals surface area contributed by atoms with Gasteiger partial charge in [0, 0.05) is 20.2 Å². The third-order valence-electron chi connectivity index (χ3n) is 4.92. The van der Waals surface area contributed by atoms with Crippen LogP contribution in [0.5, 0.6) is 5.75 Å². The maximum Gasteiger partial charge on any atom is 0.240 e. The molecule has 1 aliphatic heterocycles. The summed E-state index contributed by atoms with van der Waals surface area (Å²) in [7, 11) is -0.324. The molecule has 0 bridgehead atoms. The first-order valence-electron chi connectivity index (χ1n) is 9.43. The van der Waals surface area contributed by atoms with Crippen LogP contribution < -0.4 is 9.46 Å². The number of nitrogens with zero attached hydrogens (tertiary/aromatic N) is 1. The summed E-state index contributed by atoms with van der Waals surface area (Å²) in [5, 5.41) is 0. The summed E-state index contributed by atoms with van der Waals surface area (Å²) in [5.41, 5.74) is 0. The van der Waals surface area contributed by atoms with Gasteiger partial charge in [-0.2, -0.15) is 0 Å². The maximum absolute atomic E-state index is 12.5. The molecule has 1 aromatic carbocycles. The summed E-state index contributed by atoms with van der Waals surface area (Å²) in [5.74, 6) is 2.63. The average Bonchev–Trinajstić information content (AvgIpc) is 3.14. The average molecular weight is 409 g/mol. The molecule has 2 aromatic rings. The largest absolute Gasteiger partial charge is 0.497 e. The molecule has 0 unspecified atom stereocenters. The molecule has 0 radical (unpaired) electrons. The van der Waals surface area contributed by atoms with E-state index < -0.39 is 10.0 Å². The molecule has 0 saturated carbocycles. The molecule has 7 nitrogen and oxygen atoms in total. The first-order valence-corrected chi connectivity index (χ1v) is 10.9. The van der Waals surface area contributed by atoms with Crippen molar-refractivity contribution < 1.29 is 22.3 Å². The molecule has 0 spiro atoms. The van der Waals surface area contributed by atoms with Crippen molar-refractivity contribution in [1.29, 1.82) is 0 Å². The van der Waals surface area contributed by atoms with Gasteiger partial charge >= 0.3 is 0 Å². The van der Waals surface area contributed by atoms with E-state index in [1.54, 1.807) is 38.5 Å². The van der Waals surface area contributed by atoms with Crippen molar-refractivity contribution in [3.63, 3.8) is 0 Å². The van der Waals surface area contributed by atoms with Gasteiger partial charge in [0.1, 0.15) is 23.9 Å². The molecule has 3 rings (SSSR count). The third kappa shape index (κ3) is 5.57. The number of ether oxygens (including phenoxy) is 2. The predicted molar refractivity (Wildman–Crippen MR) is 106 cm³/mol. The van der Waals surface area contributed by atoms with Crippen LogP contribution >= 0.6 is 0 Å². The minimum atomic E-state index is -3.52. The van der Waals surface area contributed by atoms with Crippen LogP contribution in [0, 0.1) is 5.92 Å². The van der Waals surface area contributed by atoms with Crippen LogP contribution in [-0.4, -0.2) is 47.2 Å². The molecule has 154 valence electrons. The number of benzene rings is 1. The molecular weight excluding hydrogens is 380 g/mol. The van der Waals surface area contributed by atoms with Crippen LogP contribution in [0.1, 0.15) is 24.4 Å². The van der Waals surface area contributed by atoms with Crippen molar-refractivity contribution in [2.24, 2.45) is 5.92 Å². The van der Waals surface area contributed by atoms with Crippen LogP contribution in [0.3, 0.4) is 0 Å². The first-order chi connectivity index (χ1) is 13.5. The number of sulfonamides is 1. The minimum absolute atomic E-state index is 0.252. The van der Waals surface area contributed by atoms with E-state index in [1.807, 2.05) is 12.1 Å². The van der Waals surface area contributed by atoms with Crippen molar-refractivity contribution >= 4 is 10.0 Å². The van der Waals surface area contributed by atoms with E-state index in [2.05, 4.69) is 9.62 Å². The van der Waals surface area contributed by atoms with Crippen LogP contribution in [0.2, 0.25) is 0 Å². The summed E-state index contributed by atoms with van der Waals surface area (Å²) in [6, 6.07) is 10.3. The van der Waals surface area contributed by atoms with E-state index in [9.17, 15) is 8.42 Å². The first kappa shape index (κ1) is 20.9. The van der Waals surface area contributed by atoms with Gasteiger partial charge in [0.15, 0.2) is 0 Å². The van der Waals surface area contributed by atoms with E-state index in [4.69, 9.17) is 13.9 Å². The van der Waals surface area contributed by atoms with Gasteiger partial charge in [-0.25, -0.2) is 13.1 Å². The molecule has 0 amide bonds. The second-order valence-electron chi connectivity index (χ2n) is 7.07. The van der Waals surface area contributed by atoms with Crippen molar-refractivity contribution in [1.82, 2.24) is 9.62 Å². The highest BCUT2D eigenvalue weighted by atomic mass is 32.2. The topological polar surface area (TPSA) is 81.0 Å². The van der Waals surface area contributed by atoms with Crippen molar-refractivity contribution in [3.05, 3.63) is 47.9 Å². The van der Waals surface area contributed by atoms with Crippen molar-refractivity contribution in [2.45, 2.75) is 30.9 Å². The number of piperidine rings is 1. The van der Waals surface area contributed by atoms with Gasteiger partial charge in [0.05, 0.1) is 18.6 Å². The SMILES string of the molecule is COCc1ccc(CN2CCC[C@@H](CNS(=O)(=O)c3ccc(OC)cc3)C2)o1. The summed E-state index contributed by atoms with van der Waals surface area (Å²) in [6.45, 7) is 3.45. The number of furan rings is 1. The van der Waals surface area contributed by atoms with E-state index in [-0.39, 0.29) is 10.8 Å². The number of hydrogen-bond donors (Lipinski definition) is 1. The van der Waals surface area contributed by atoms with E-state index in [0.717, 1.165) is 44.0 Å². The molecule has 28 heavy (non-hydrogen) atoms. The molecule has 8 heteroatoms. The second kappa shape index (κ2) is 9.56. The lowest BCUT2D eigenvalue weighted by molar-refractivity contribution is 0.144. The van der Waals surface area contributed by atoms with Gasteiger partial charge in [-0.15, -0.1) is 0 Å². The quantitative estimate of drug-likeness (QED) is 0.687.